The second-order valence-corrected chi connectivity index (χ2v) is 2.30. The minimum absolute atomic E-state index is 0.0546. The molecule has 0 aliphatic heterocycles. The average Bonchev–Trinajstić information content (AvgIpc) is 1.81. The molecule has 0 aliphatic rings. The number of carboxylic acid groups (broad SMARTS) is 1. The Bertz CT molecular complexity index is 115. The molecule has 1 atom stereocenters. The fourth-order valence-electron chi connectivity index (χ4n) is 0.545. The number of aliphatic carboxylic acids is 1. The molecular formula is C5H12N2O3. The van der Waals surface area contributed by atoms with Gasteiger partial charge in [0.05, 0.1) is 0 Å². The summed E-state index contributed by atoms with van der Waals surface area (Å²) in [5, 5.41) is 8.48. The van der Waals surface area contributed by atoms with E-state index in [2.05, 4.69) is 16.3 Å². The summed E-state index contributed by atoms with van der Waals surface area (Å²) in [6.07, 6.45) is 0. The maximum Gasteiger partial charge on any atom is 0.323 e. The molecule has 0 radical (unpaired) electrons. The molecule has 0 saturated carbocycles. The lowest BCUT2D eigenvalue weighted by Gasteiger charge is -2.14. The Kier molecular flexibility index (Phi) is 3.94. The molecule has 0 spiro atoms. The quantitative estimate of drug-likeness (QED) is 0.467. The van der Waals surface area contributed by atoms with Crippen molar-refractivity contribution in [2.45, 2.75) is 19.9 Å². The Labute approximate surface area is 59.1 Å². The van der Waals surface area contributed by atoms with Gasteiger partial charge in [-0.25, -0.2) is 4.94 Å². The van der Waals surface area contributed by atoms with Crippen LogP contribution in [0.25, 0.3) is 0 Å². The minimum Gasteiger partial charge on any atom is -0.480 e. The van der Waals surface area contributed by atoms with Crippen molar-refractivity contribution in [1.82, 2.24) is 5.48 Å². The van der Waals surface area contributed by atoms with Gasteiger partial charge in [-0.1, -0.05) is 13.8 Å². The third kappa shape index (κ3) is 2.77. The molecule has 0 unspecified atom stereocenters. The Morgan fingerprint density at radius 3 is 2.30 bits per heavy atom. The Balaban J connectivity index is 3.85. The molecule has 0 bridgehead atoms. The third-order valence-electron chi connectivity index (χ3n) is 1.13. The predicted molar refractivity (Wildman–Crippen MR) is 34.7 cm³/mol. The lowest BCUT2D eigenvalue weighted by atomic mass is 10.1. The maximum absolute atomic E-state index is 10.3. The van der Waals surface area contributed by atoms with Gasteiger partial charge in [0.15, 0.2) is 0 Å². The molecule has 0 aromatic carbocycles. The Morgan fingerprint density at radius 2 is 2.20 bits per heavy atom. The van der Waals surface area contributed by atoms with Crippen LogP contribution in [0.4, 0.5) is 0 Å². The van der Waals surface area contributed by atoms with Crippen LogP contribution in [0.2, 0.25) is 0 Å². The summed E-state index contributed by atoms with van der Waals surface area (Å²) in [5.74, 6) is 3.60. The van der Waals surface area contributed by atoms with E-state index in [-0.39, 0.29) is 5.92 Å². The van der Waals surface area contributed by atoms with Gasteiger partial charge in [-0.05, 0) is 5.92 Å². The van der Waals surface area contributed by atoms with Crippen LogP contribution in [-0.4, -0.2) is 17.1 Å². The van der Waals surface area contributed by atoms with Gasteiger partial charge in [0.25, 0.3) is 0 Å². The van der Waals surface area contributed by atoms with Crippen molar-refractivity contribution in [3.05, 3.63) is 0 Å². The van der Waals surface area contributed by atoms with E-state index in [9.17, 15) is 4.79 Å². The molecule has 4 N–H and O–H groups in total. The van der Waals surface area contributed by atoms with E-state index < -0.39 is 12.0 Å². The van der Waals surface area contributed by atoms with Gasteiger partial charge in [0.1, 0.15) is 6.04 Å². The number of nitrogens with one attached hydrogen (secondary N) is 1. The molecular weight excluding hydrogens is 136 g/mol. The molecule has 0 amide bonds. The first-order valence-corrected chi connectivity index (χ1v) is 2.93. The van der Waals surface area contributed by atoms with Crippen LogP contribution in [0.5, 0.6) is 0 Å². The highest BCUT2D eigenvalue weighted by Gasteiger charge is 2.20. The number of hydrogen-bond donors (Lipinski definition) is 3. The van der Waals surface area contributed by atoms with Crippen LogP contribution in [0.15, 0.2) is 0 Å². The second-order valence-electron chi connectivity index (χ2n) is 2.30. The normalized spacial score (nSPS) is 13.6. The van der Waals surface area contributed by atoms with Gasteiger partial charge in [0, 0.05) is 0 Å². The van der Waals surface area contributed by atoms with Gasteiger partial charge in [-0.3, -0.25) is 4.79 Å². The molecule has 0 aliphatic carbocycles. The zero-order valence-corrected chi connectivity index (χ0v) is 6.00. The molecule has 5 heteroatoms. The van der Waals surface area contributed by atoms with E-state index in [4.69, 9.17) is 5.11 Å². The summed E-state index contributed by atoms with van der Waals surface area (Å²) >= 11 is 0. The largest absolute Gasteiger partial charge is 0.480 e. The van der Waals surface area contributed by atoms with E-state index in [1.807, 2.05) is 0 Å². The molecule has 0 heterocycles. The van der Waals surface area contributed by atoms with Crippen molar-refractivity contribution >= 4 is 5.97 Å². The third-order valence-corrected chi connectivity index (χ3v) is 1.13. The number of carbonyl (C=O) groups is 1. The second kappa shape index (κ2) is 4.21. The van der Waals surface area contributed by atoms with Gasteiger partial charge >= 0.3 is 5.97 Å². The minimum atomic E-state index is -0.972. The van der Waals surface area contributed by atoms with Gasteiger partial charge < -0.3 is 5.11 Å². The molecule has 0 saturated heterocycles. The predicted octanol–water partition coefficient (Wildman–Crippen LogP) is -0.509. The molecule has 60 valence electrons. The summed E-state index contributed by atoms with van der Waals surface area (Å²) in [4.78, 5) is 14.3. The van der Waals surface area contributed by atoms with Crippen LogP contribution >= 0.6 is 0 Å². The SMILES string of the molecule is CC(C)[C@H](NON)C(=O)O. The van der Waals surface area contributed by atoms with Crippen LogP contribution in [0.3, 0.4) is 0 Å². The summed E-state index contributed by atoms with van der Waals surface area (Å²) in [6.45, 7) is 3.51. The Hall–Kier alpha value is -0.650. The summed E-state index contributed by atoms with van der Waals surface area (Å²) in [5.41, 5.74) is 2.16. The zero-order chi connectivity index (χ0) is 8.15. The van der Waals surface area contributed by atoms with Crippen LogP contribution in [0, 0.1) is 5.92 Å². The van der Waals surface area contributed by atoms with E-state index in [1.54, 1.807) is 13.8 Å². The molecule has 5 nitrogen and oxygen atoms in total. The van der Waals surface area contributed by atoms with E-state index in [0.717, 1.165) is 0 Å². The van der Waals surface area contributed by atoms with Crippen molar-refractivity contribution in [2.75, 3.05) is 0 Å². The van der Waals surface area contributed by atoms with Crippen LogP contribution in [0.1, 0.15) is 13.8 Å². The molecule has 0 rings (SSSR count). The summed E-state index contributed by atoms with van der Waals surface area (Å²) in [7, 11) is 0. The van der Waals surface area contributed by atoms with E-state index >= 15 is 0 Å². The van der Waals surface area contributed by atoms with Gasteiger partial charge in [-0.2, -0.15) is 11.4 Å². The fourth-order valence-corrected chi connectivity index (χ4v) is 0.545. The van der Waals surface area contributed by atoms with Crippen LogP contribution < -0.4 is 11.4 Å². The lowest BCUT2D eigenvalue weighted by Crippen LogP contribution is -2.42. The molecule has 10 heavy (non-hydrogen) atoms. The lowest BCUT2D eigenvalue weighted by molar-refractivity contribution is -0.146. The molecule has 0 aromatic heterocycles. The standard InChI is InChI=1S/C5H12N2O3/c1-3(2)4(5(8)9)7-10-6/h3-4,7H,6H2,1-2H3,(H,8,9)/t4-/m0/s1. The highest BCUT2D eigenvalue weighted by Crippen LogP contribution is 2.00. The maximum atomic E-state index is 10.3. The highest BCUT2D eigenvalue weighted by molar-refractivity contribution is 5.73. The molecule has 0 fully saturated rings. The number of rotatable bonds is 4. The van der Waals surface area contributed by atoms with E-state index in [0.29, 0.717) is 0 Å². The first kappa shape index (κ1) is 9.35. The van der Waals surface area contributed by atoms with Crippen LogP contribution in [-0.2, 0) is 9.73 Å². The monoisotopic (exact) mass is 148 g/mol. The smallest absolute Gasteiger partial charge is 0.323 e. The van der Waals surface area contributed by atoms with Crippen molar-refractivity contribution < 1.29 is 14.8 Å². The Morgan fingerprint density at radius 1 is 1.70 bits per heavy atom. The zero-order valence-electron chi connectivity index (χ0n) is 6.00. The number of nitrogens with two attached hydrogens (primary N) is 1. The van der Waals surface area contributed by atoms with Gasteiger partial charge in [0.2, 0.25) is 0 Å². The average molecular weight is 148 g/mol. The van der Waals surface area contributed by atoms with Crippen molar-refractivity contribution in [1.29, 1.82) is 0 Å². The molecule has 0 aromatic rings. The van der Waals surface area contributed by atoms with E-state index in [1.165, 1.54) is 0 Å². The van der Waals surface area contributed by atoms with Crippen molar-refractivity contribution in [3.63, 3.8) is 0 Å². The fraction of sp³-hybridized carbons (Fsp3) is 0.800. The summed E-state index contributed by atoms with van der Waals surface area (Å²) < 4.78 is 0. The number of hydroxylamine groups is 1. The number of carboxylic acids is 1. The number of hydrogen-bond acceptors (Lipinski definition) is 4. The first-order valence-electron chi connectivity index (χ1n) is 2.93. The van der Waals surface area contributed by atoms with Crippen molar-refractivity contribution in [3.8, 4) is 0 Å². The summed E-state index contributed by atoms with van der Waals surface area (Å²) in [6, 6.07) is -0.745. The first-order chi connectivity index (χ1) is 4.59. The van der Waals surface area contributed by atoms with Gasteiger partial charge in [-0.15, -0.1) is 0 Å². The highest BCUT2D eigenvalue weighted by atomic mass is 16.8. The van der Waals surface area contributed by atoms with Crippen molar-refractivity contribution in [2.24, 2.45) is 11.8 Å². The topological polar surface area (TPSA) is 84.6 Å².